The van der Waals surface area contributed by atoms with E-state index in [1.54, 1.807) is 19.1 Å². The number of hydrogen-bond acceptors (Lipinski definition) is 6. The lowest BCUT2D eigenvalue weighted by Gasteiger charge is -2.14. The van der Waals surface area contributed by atoms with E-state index in [4.69, 9.17) is 9.57 Å². The molecule has 0 spiro atoms. The highest BCUT2D eigenvalue weighted by molar-refractivity contribution is 6.21. The molecular formula is C16H12N2O5. The van der Waals surface area contributed by atoms with E-state index < -0.39 is 17.8 Å². The lowest BCUT2D eigenvalue weighted by molar-refractivity contribution is -0.0585. The maximum Gasteiger partial charge on any atom is 0.365 e. The quantitative estimate of drug-likeness (QED) is 0.803. The molecule has 2 amide bonds. The van der Waals surface area contributed by atoms with E-state index in [9.17, 15) is 14.4 Å². The van der Waals surface area contributed by atoms with Gasteiger partial charge < -0.3 is 9.57 Å². The van der Waals surface area contributed by atoms with Gasteiger partial charge in [-0.1, -0.05) is 17.2 Å². The van der Waals surface area contributed by atoms with Gasteiger partial charge in [-0.15, -0.1) is 0 Å². The first-order valence-corrected chi connectivity index (χ1v) is 6.73. The highest BCUT2D eigenvalue weighted by Crippen LogP contribution is 2.25. The third-order valence-electron chi connectivity index (χ3n) is 3.54. The number of aromatic nitrogens is 1. The minimum atomic E-state index is -0.858. The number of benzene rings is 1. The maximum atomic E-state index is 12.3. The molecule has 1 aliphatic heterocycles. The molecule has 1 aromatic carbocycles. The van der Waals surface area contributed by atoms with Gasteiger partial charge in [0.2, 0.25) is 0 Å². The van der Waals surface area contributed by atoms with Crippen LogP contribution in [0.5, 0.6) is 5.75 Å². The molecular weight excluding hydrogens is 300 g/mol. The number of fused-ring (bicyclic) bond motifs is 1. The van der Waals surface area contributed by atoms with Gasteiger partial charge in [-0.25, -0.2) is 4.79 Å². The molecule has 0 N–H and O–H groups in total. The SMILES string of the molecule is COc1cncc(C(=O)ON2C(=O)c3ccccc3C2=O)c1C. The molecule has 7 heteroatoms. The smallest absolute Gasteiger partial charge is 0.365 e. The molecule has 0 radical (unpaired) electrons. The molecule has 0 fully saturated rings. The second-order valence-corrected chi connectivity index (χ2v) is 4.84. The van der Waals surface area contributed by atoms with E-state index in [0.29, 0.717) is 16.4 Å². The molecule has 2 aromatic rings. The minimum absolute atomic E-state index is 0.112. The summed E-state index contributed by atoms with van der Waals surface area (Å²) in [5.74, 6) is -1.80. The predicted octanol–water partition coefficient (Wildman–Crippen LogP) is 1.77. The van der Waals surface area contributed by atoms with Crippen LogP contribution in [-0.2, 0) is 4.84 Å². The lowest BCUT2D eigenvalue weighted by atomic mass is 10.1. The van der Waals surface area contributed by atoms with Crippen molar-refractivity contribution in [3.63, 3.8) is 0 Å². The van der Waals surface area contributed by atoms with Crippen LogP contribution in [0.25, 0.3) is 0 Å². The van der Waals surface area contributed by atoms with E-state index in [1.807, 2.05) is 0 Å². The van der Waals surface area contributed by atoms with Crippen LogP contribution in [-0.4, -0.2) is 34.9 Å². The van der Waals surface area contributed by atoms with Crippen molar-refractivity contribution in [2.24, 2.45) is 0 Å². The van der Waals surface area contributed by atoms with E-state index >= 15 is 0 Å². The molecule has 23 heavy (non-hydrogen) atoms. The molecule has 0 atom stereocenters. The molecule has 7 nitrogen and oxygen atoms in total. The third-order valence-corrected chi connectivity index (χ3v) is 3.54. The summed E-state index contributed by atoms with van der Waals surface area (Å²) in [6.07, 6.45) is 2.74. The highest BCUT2D eigenvalue weighted by atomic mass is 16.7. The van der Waals surface area contributed by atoms with Crippen LogP contribution >= 0.6 is 0 Å². The van der Waals surface area contributed by atoms with Gasteiger partial charge >= 0.3 is 5.97 Å². The number of nitrogens with zero attached hydrogens (tertiary/aromatic N) is 2. The largest absolute Gasteiger partial charge is 0.495 e. The van der Waals surface area contributed by atoms with E-state index in [0.717, 1.165) is 0 Å². The van der Waals surface area contributed by atoms with Crippen molar-refractivity contribution in [1.82, 2.24) is 10.0 Å². The fourth-order valence-electron chi connectivity index (χ4n) is 2.30. The lowest BCUT2D eigenvalue weighted by Crippen LogP contribution is -2.33. The number of hydrogen-bond donors (Lipinski definition) is 0. The number of rotatable bonds is 3. The number of imide groups is 1. The van der Waals surface area contributed by atoms with Crippen molar-refractivity contribution in [3.8, 4) is 5.75 Å². The van der Waals surface area contributed by atoms with Crippen LogP contribution in [0.2, 0.25) is 0 Å². The Balaban J connectivity index is 1.88. The molecule has 1 aromatic heterocycles. The van der Waals surface area contributed by atoms with Crippen molar-refractivity contribution in [1.29, 1.82) is 0 Å². The van der Waals surface area contributed by atoms with Crippen LogP contribution < -0.4 is 4.74 Å². The topological polar surface area (TPSA) is 85.8 Å². The van der Waals surface area contributed by atoms with Crippen molar-refractivity contribution in [3.05, 3.63) is 58.9 Å². The number of hydroxylamine groups is 2. The molecule has 0 bridgehead atoms. The molecule has 116 valence electrons. The Morgan fingerprint density at radius 3 is 2.26 bits per heavy atom. The van der Waals surface area contributed by atoms with Gasteiger partial charge in [-0.05, 0) is 19.1 Å². The second kappa shape index (κ2) is 5.53. The first-order chi connectivity index (χ1) is 11.0. The van der Waals surface area contributed by atoms with E-state index in [2.05, 4.69) is 4.98 Å². The summed E-state index contributed by atoms with van der Waals surface area (Å²) in [5.41, 5.74) is 1.02. The number of amides is 2. The zero-order chi connectivity index (χ0) is 16.6. The van der Waals surface area contributed by atoms with Gasteiger partial charge in [0.15, 0.2) is 0 Å². The van der Waals surface area contributed by atoms with Crippen LogP contribution in [0.15, 0.2) is 36.7 Å². The Kier molecular flexibility index (Phi) is 3.53. The molecule has 0 saturated carbocycles. The Hall–Kier alpha value is -3.22. The summed E-state index contributed by atoms with van der Waals surface area (Å²) in [5, 5.41) is 0.464. The Bertz CT molecular complexity index is 796. The average Bonchev–Trinajstić information content (AvgIpc) is 2.80. The second-order valence-electron chi connectivity index (χ2n) is 4.84. The van der Waals surface area contributed by atoms with Crippen LogP contribution in [0.1, 0.15) is 36.6 Å². The van der Waals surface area contributed by atoms with Crippen LogP contribution in [0, 0.1) is 6.92 Å². The normalized spacial score (nSPS) is 13.0. The highest BCUT2D eigenvalue weighted by Gasteiger charge is 2.39. The Morgan fingerprint density at radius 2 is 1.70 bits per heavy atom. The molecule has 0 saturated heterocycles. The number of methoxy groups -OCH3 is 1. The fraction of sp³-hybridized carbons (Fsp3) is 0.125. The monoisotopic (exact) mass is 312 g/mol. The summed E-state index contributed by atoms with van der Waals surface area (Å²) in [6.45, 7) is 1.65. The van der Waals surface area contributed by atoms with Crippen molar-refractivity contribution >= 4 is 17.8 Å². The summed E-state index contributed by atoms with van der Waals surface area (Å²) in [7, 11) is 1.45. The van der Waals surface area contributed by atoms with Gasteiger partial charge in [-0.3, -0.25) is 14.6 Å². The molecule has 1 aliphatic rings. The fourth-order valence-corrected chi connectivity index (χ4v) is 2.30. The third kappa shape index (κ3) is 2.32. The predicted molar refractivity (Wildman–Crippen MR) is 77.9 cm³/mol. The molecule has 2 heterocycles. The maximum absolute atomic E-state index is 12.3. The molecule has 0 aliphatic carbocycles. The zero-order valence-electron chi connectivity index (χ0n) is 12.4. The van der Waals surface area contributed by atoms with Crippen LogP contribution in [0.3, 0.4) is 0 Å². The summed E-state index contributed by atoms with van der Waals surface area (Å²) < 4.78 is 5.08. The standard InChI is InChI=1S/C16H12N2O5/c1-9-12(7-17-8-13(9)22-2)16(21)23-18-14(19)10-5-3-4-6-11(10)15(18)20/h3-8H,1-2H3. The van der Waals surface area contributed by atoms with E-state index in [-0.39, 0.29) is 16.7 Å². The van der Waals surface area contributed by atoms with Crippen molar-refractivity contribution in [2.45, 2.75) is 6.92 Å². The number of carbonyl (C=O) groups excluding carboxylic acids is 3. The van der Waals surface area contributed by atoms with Crippen molar-refractivity contribution < 1.29 is 24.0 Å². The van der Waals surface area contributed by atoms with Gasteiger partial charge in [0.1, 0.15) is 5.75 Å². The molecule has 0 unspecified atom stereocenters. The Labute approximate surface area is 131 Å². The first kappa shape index (κ1) is 14.7. The summed E-state index contributed by atoms with van der Waals surface area (Å²) in [6, 6.07) is 6.26. The minimum Gasteiger partial charge on any atom is -0.495 e. The van der Waals surface area contributed by atoms with Gasteiger partial charge in [0.05, 0.1) is 30.0 Å². The van der Waals surface area contributed by atoms with Gasteiger partial charge in [0, 0.05) is 11.8 Å². The molecule has 3 rings (SSSR count). The summed E-state index contributed by atoms with van der Waals surface area (Å²) >= 11 is 0. The van der Waals surface area contributed by atoms with Gasteiger partial charge in [-0.2, -0.15) is 0 Å². The van der Waals surface area contributed by atoms with Crippen molar-refractivity contribution in [2.75, 3.05) is 7.11 Å². The first-order valence-electron chi connectivity index (χ1n) is 6.73. The Morgan fingerprint density at radius 1 is 1.09 bits per heavy atom. The number of carbonyl (C=O) groups is 3. The average molecular weight is 312 g/mol. The number of ether oxygens (including phenoxy) is 1. The summed E-state index contributed by atoms with van der Waals surface area (Å²) in [4.78, 5) is 45.5. The zero-order valence-corrected chi connectivity index (χ0v) is 12.4. The van der Waals surface area contributed by atoms with Crippen LogP contribution in [0.4, 0.5) is 0 Å². The number of pyridine rings is 1. The van der Waals surface area contributed by atoms with Gasteiger partial charge in [0.25, 0.3) is 11.8 Å². The van der Waals surface area contributed by atoms with E-state index in [1.165, 1.54) is 31.6 Å².